The van der Waals surface area contributed by atoms with E-state index in [1.165, 1.54) is 6.20 Å². The molecule has 5 nitrogen and oxygen atoms in total. The van der Waals surface area contributed by atoms with Crippen molar-refractivity contribution in [3.8, 4) is 0 Å². The van der Waals surface area contributed by atoms with Crippen LogP contribution in [-0.4, -0.2) is 22.0 Å². The number of amides is 1. The standard InChI is InChI=1S/C14H23FN4O/c1-13(2,3)18-8-9-6-7-17-11(10(9)15)19-14(4,5)12(16)20/h6-7,18H,8H2,1-5H3,(H2,16,20)(H,17,19). The molecule has 0 spiro atoms. The Morgan fingerprint density at radius 1 is 1.35 bits per heavy atom. The average Bonchev–Trinajstić information content (AvgIpc) is 2.28. The highest BCUT2D eigenvalue weighted by Gasteiger charge is 2.26. The highest BCUT2D eigenvalue weighted by molar-refractivity contribution is 5.86. The van der Waals surface area contributed by atoms with Gasteiger partial charge in [0.2, 0.25) is 5.91 Å². The molecule has 0 aliphatic carbocycles. The average molecular weight is 282 g/mol. The van der Waals surface area contributed by atoms with E-state index in [2.05, 4.69) is 15.6 Å². The molecule has 0 aliphatic heterocycles. The van der Waals surface area contributed by atoms with Gasteiger partial charge in [-0.25, -0.2) is 9.37 Å². The molecule has 6 heteroatoms. The van der Waals surface area contributed by atoms with Crippen molar-refractivity contribution in [1.82, 2.24) is 10.3 Å². The van der Waals surface area contributed by atoms with Gasteiger partial charge in [-0.15, -0.1) is 0 Å². The minimum atomic E-state index is -1.07. The molecule has 0 atom stereocenters. The van der Waals surface area contributed by atoms with Crippen LogP contribution in [0.1, 0.15) is 40.2 Å². The summed E-state index contributed by atoms with van der Waals surface area (Å²) in [5, 5.41) is 5.94. The second kappa shape index (κ2) is 5.75. The van der Waals surface area contributed by atoms with Gasteiger partial charge in [-0.1, -0.05) is 0 Å². The van der Waals surface area contributed by atoms with Crippen LogP contribution >= 0.6 is 0 Å². The van der Waals surface area contributed by atoms with Gasteiger partial charge in [0, 0.05) is 23.8 Å². The summed E-state index contributed by atoms with van der Waals surface area (Å²) in [5.41, 5.74) is 4.56. The number of rotatable bonds is 5. The zero-order valence-electron chi connectivity index (χ0n) is 12.7. The number of nitrogens with zero attached hydrogens (tertiary/aromatic N) is 1. The van der Waals surface area contributed by atoms with Crippen molar-refractivity contribution in [2.45, 2.75) is 52.2 Å². The van der Waals surface area contributed by atoms with Gasteiger partial charge in [0.15, 0.2) is 11.6 Å². The minimum Gasteiger partial charge on any atom is -0.368 e. The molecule has 4 N–H and O–H groups in total. The van der Waals surface area contributed by atoms with E-state index in [0.717, 1.165) is 0 Å². The first kappa shape index (κ1) is 16.4. The van der Waals surface area contributed by atoms with Crippen molar-refractivity contribution in [3.05, 3.63) is 23.6 Å². The fourth-order valence-electron chi connectivity index (χ4n) is 1.43. The minimum absolute atomic E-state index is 0.0296. The van der Waals surface area contributed by atoms with Crippen molar-refractivity contribution < 1.29 is 9.18 Å². The highest BCUT2D eigenvalue weighted by atomic mass is 19.1. The molecule has 1 aromatic rings. The van der Waals surface area contributed by atoms with Crippen molar-refractivity contribution in [3.63, 3.8) is 0 Å². The Hall–Kier alpha value is -1.69. The Labute approximate surface area is 119 Å². The molecule has 1 heterocycles. The zero-order chi connectivity index (χ0) is 15.6. The van der Waals surface area contributed by atoms with Crippen LogP contribution in [0.2, 0.25) is 0 Å². The van der Waals surface area contributed by atoms with Crippen LogP contribution in [0.4, 0.5) is 10.2 Å². The van der Waals surface area contributed by atoms with Gasteiger partial charge in [0.05, 0.1) is 0 Å². The van der Waals surface area contributed by atoms with E-state index in [-0.39, 0.29) is 11.4 Å². The maximum Gasteiger partial charge on any atom is 0.242 e. The lowest BCUT2D eigenvalue weighted by Crippen LogP contribution is -2.45. The smallest absolute Gasteiger partial charge is 0.242 e. The summed E-state index contributed by atoms with van der Waals surface area (Å²) >= 11 is 0. The first-order chi connectivity index (χ1) is 9.03. The zero-order valence-corrected chi connectivity index (χ0v) is 12.7. The summed E-state index contributed by atoms with van der Waals surface area (Å²) in [7, 11) is 0. The first-order valence-electron chi connectivity index (χ1n) is 6.49. The predicted molar refractivity (Wildman–Crippen MR) is 77.7 cm³/mol. The van der Waals surface area contributed by atoms with Gasteiger partial charge >= 0.3 is 0 Å². The summed E-state index contributed by atoms with van der Waals surface area (Å²) in [6, 6.07) is 1.61. The summed E-state index contributed by atoms with van der Waals surface area (Å²) in [6.45, 7) is 9.54. The van der Waals surface area contributed by atoms with Crippen LogP contribution in [0.15, 0.2) is 12.3 Å². The SMILES string of the molecule is CC(C)(C)NCc1ccnc(NC(C)(C)C(N)=O)c1F. The Balaban J connectivity index is 2.93. The molecule has 0 fully saturated rings. The van der Waals surface area contributed by atoms with Crippen molar-refractivity contribution in [2.24, 2.45) is 5.73 Å². The maximum absolute atomic E-state index is 14.3. The third-order valence-corrected chi connectivity index (χ3v) is 2.83. The van der Waals surface area contributed by atoms with Gasteiger partial charge in [-0.05, 0) is 40.7 Å². The molecule has 20 heavy (non-hydrogen) atoms. The molecule has 0 radical (unpaired) electrons. The van der Waals surface area contributed by atoms with E-state index in [0.29, 0.717) is 12.1 Å². The number of hydrogen-bond donors (Lipinski definition) is 3. The van der Waals surface area contributed by atoms with Crippen LogP contribution in [0.3, 0.4) is 0 Å². The molecule has 1 aromatic heterocycles. The Morgan fingerprint density at radius 3 is 2.45 bits per heavy atom. The number of carbonyl (C=O) groups is 1. The van der Waals surface area contributed by atoms with Crippen molar-refractivity contribution >= 4 is 11.7 Å². The molecule has 0 saturated heterocycles. The van der Waals surface area contributed by atoms with Gasteiger partial charge < -0.3 is 16.4 Å². The molecular weight excluding hydrogens is 259 g/mol. The molecule has 0 unspecified atom stereocenters. The number of carbonyl (C=O) groups excluding carboxylic acids is 1. The third-order valence-electron chi connectivity index (χ3n) is 2.83. The number of nitrogens with one attached hydrogen (secondary N) is 2. The largest absolute Gasteiger partial charge is 0.368 e. The summed E-state index contributed by atoms with van der Waals surface area (Å²) < 4.78 is 14.3. The lowest BCUT2D eigenvalue weighted by atomic mass is 10.0. The molecule has 0 aliphatic rings. The predicted octanol–water partition coefficient (Wildman–Crippen LogP) is 1.78. The Morgan fingerprint density at radius 2 is 1.95 bits per heavy atom. The molecule has 112 valence electrons. The Kier molecular flexibility index (Phi) is 4.70. The van der Waals surface area contributed by atoms with Crippen LogP contribution in [0.5, 0.6) is 0 Å². The fourth-order valence-corrected chi connectivity index (χ4v) is 1.43. The lowest BCUT2D eigenvalue weighted by Gasteiger charge is -2.24. The number of nitrogens with two attached hydrogens (primary N) is 1. The third kappa shape index (κ3) is 4.45. The van der Waals surface area contributed by atoms with Gasteiger partial charge in [0.1, 0.15) is 5.54 Å². The first-order valence-corrected chi connectivity index (χ1v) is 6.49. The summed E-state index contributed by atoms with van der Waals surface area (Å²) in [6.07, 6.45) is 1.50. The number of anilines is 1. The molecule has 1 amide bonds. The monoisotopic (exact) mass is 282 g/mol. The maximum atomic E-state index is 14.3. The van der Waals surface area contributed by atoms with E-state index < -0.39 is 17.3 Å². The normalized spacial score (nSPS) is 12.3. The molecule has 0 bridgehead atoms. The van der Waals surface area contributed by atoms with E-state index in [1.54, 1.807) is 19.9 Å². The lowest BCUT2D eigenvalue weighted by molar-refractivity contribution is -0.121. The fraction of sp³-hybridized carbons (Fsp3) is 0.571. The Bertz CT molecular complexity index is 494. The second-order valence-corrected chi connectivity index (χ2v) is 6.35. The van der Waals surface area contributed by atoms with Crippen LogP contribution in [-0.2, 0) is 11.3 Å². The number of hydrogen-bond acceptors (Lipinski definition) is 4. The summed E-state index contributed by atoms with van der Waals surface area (Å²) in [4.78, 5) is 15.2. The van der Waals surface area contributed by atoms with E-state index in [9.17, 15) is 9.18 Å². The quantitative estimate of drug-likeness (QED) is 0.769. The molecule has 1 rings (SSSR count). The highest BCUT2D eigenvalue weighted by Crippen LogP contribution is 2.19. The molecular formula is C14H23FN4O. The van der Waals surface area contributed by atoms with Crippen molar-refractivity contribution in [1.29, 1.82) is 0 Å². The van der Waals surface area contributed by atoms with Gasteiger partial charge in [0.25, 0.3) is 0 Å². The number of primary amides is 1. The van der Waals surface area contributed by atoms with Crippen LogP contribution in [0, 0.1) is 5.82 Å². The number of pyridine rings is 1. The molecule has 0 saturated carbocycles. The molecule has 0 aromatic carbocycles. The topological polar surface area (TPSA) is 80.0 Å². The van der Waals surface area contributed by atoms with E-state index in [4.69, 9.17) is 5.73 Å². The second-order valence-electron chi connectivity index (χ2n) is 6.35. The summed E-state index contributed by atoms with van der Waals surface area (Å²) in [5.74, 6) is -1.02. The van der Waals surface area contributed by atoms with Crippen molar-refractivity contribution in [2.75, 3.05) is 5.32 Å². The van der Waals surface area contributed by atoms with E-state index in [1.807, 2.05) is 20.8 Å². The van der Waals surface area contributed by atoms with Gasteiger partial charge in [-0.3, -0.25) is 4.79 Å². The van der Waals surface area contributed by atoms with Crippen LogP contribution < -0.4 is 16.4 Å². The van der Waals surface area contributed by atoms with E-state index >= 15 is 0 Å². The number of halogens is 1. The van der Waals surface area contributed by atoms with Gasteiger partial charge in [-0.2, -0.15) is 0 Å². The number of aromatic nitrogens is 1. The van der Waals surface area contributed by atoms with Crippen LogP contribution in [0.25, 0.3) is 0 Å².